The number of hydrogen-bond acceptors (Lipinski definition) is 3. The Balaban J connectivity index is 3.08. The second kappa shape index (κ2) is 3.65. The summed E-state index contributed by atoms with van der Waals surface area (Å²) in [5.41, 5.74) is 1.06. The number of aromatic nitrogens is 1. The van der Waals surface area contributed by atoms with E-state index in [0.717, 1.165) is 5.56 Å². The number of carbonyl (C=O) groups is 1. The number of hydrogen-bond donors (Lipinski definition) is 1. The third-order valence-corrected chi connectivity index (χ3v) is 1.56. The zero-order valence-electron chi connectivity index (χ0n) is 6.54. The van der Waals surface area contributed by atoms with Crippen molar-refractivity contribution in [3.63, 3.8) is 0 Å². The maximum Gasteiger partial charge on any atom is 0.206 e. The number of carbonyl (C=O) groups excluding carboxylic acids is 1. The number of pyridine rings is 1. The van der Waals surface area contributed by atoms with Crippen molar-refractivity contribution in [1.29, 1.82) is 0 Å². The van der Waals surface area contributed by atoms with E-state index in [0.29, 0.717) is 0 Å². The molecule has 0 unspecified atom stereocenters. The van der Waals surface area contributed by atoms with Gasteiger partial charge in [-0.05, 0) is 24.6 Å². The van der Waals surface area contributed by atoms with Crippen LogP contribution in [0.15, 0.2) is 12.1 Å². The van der Waals surface area contributed by atoms with Gasteiger partial charge in [0.15, 0.2) is 0 Å². The molecule has 0 aliphatic heterocycles. The standard InChI is InChI=1S/C8H8ClNO2/c1-5-2-6(7(12)4-11)10-8(9)3-5/h2-3,11H,4H2,1H3. The maximum atomic E-state index is 10.9. The van der Waals surface area contributed by atoms with Crippen LogP contribution in [0.3, 0.4) is 0 Å². The predicted octanol–water partition coefficient (Wildman–Crippen LogP) is 1.22. The van der Waals surface area contributed by atoms with E-state index in [4.69, 9.17) is 16.7 Å². The van der Waals surface area contributed by atoms with Gasteiger partial charge in [-0.1, -0.05) is 11.6 Å². The minimum atomic E-state index is -0.535. The molecule has 1 rings (SSSR count). The van der Waals surface area contributed by atoms with Gasteiger partial charge in [0.2, 0.25) is 5.78 Å². The lowest BCUT2D eigenvalue weighted by atomic mass is 10.2. The number of rotatable bonds is 2. The van der Waals surface area contributed by atoms with Crippen LogP contribution in [0.4, 0.5) is 0 Å². The van der Waals surface area contributed by atoms with Crippen molar-refractivity contribution in [2.45, 2.75) is 6.92 Å². The van der Waals surface area contributed by atoms with Crippen molar-refractivity contribution in [2.75, 3.05) is 6.61 Å². The second-order valence-corrected chi connectivity index (χ2v) is 2.82. The number of halogens is 1. The molecule has 4 heteroatoms. The molecule has 1 heterocycles. The summed E-state index contributed by atoms with van der Waals surface area (Å²) in [5.74, 6) is -0.416. The lowest BCUT2D eigenvalue weighted by molar-refractivity contribution is 0.0898. The van der Waals surface area contributed by atoms with Crippen LogP contribution in [-0.2, 0) is 0 Å². The fraction of sp³-hybridized carbons (Fsp3) is 0.250. The van der Waals surface area contributed by atoms with Gasteiger partial charge in [0.25, 0.3) is 0 Å². The third kappa shape index (κ3) is 2.03. The molecule has 0 spiro atoms. The average Bonchev–Trinajstić information content (AvgIpc) is 2.01. The highest BCUT2D eigenvalue weighted by molar-refractivity contribution is 6.29. The Kier molecular flexibility index (Phi) is 2.78. The molecule has 0 atom stereocenters. The molecule has 0 aromatic carbocycles. The molecule has 1 aromatic heterocycles. The molecule has 0 saturated carbocycles. The first-order valence-corrected chi connectivity index (χ1v) is 3.79. The van der Waals surface area contributed by atoms with Gasteiger partial charge < -0.3 is 5.11 Å². The van der Waals surface area contributed by atoms with Crippen LogP contribution in [0.25, 0.3) is 0 Å². The maximum absolute atomic E-state index is 10.9. The SMILES string of the molecule is Cc1cc(Cl)nc(C(=O)CO)c1. The topological polar surface area (TPSA) is 50.2 Å². The van der Waals surface area contributed by atoms with Crippen molar-refractivity contribution in [3.8, 4) is 0 Å². The third-order valence-electron chi connectivity index (χ3n) is 1.37. The van der Waals surface area contributed by atoms with Gasteiger partial charge in [0.05, 0.1) is 0 Å². The van der Waals surface area contributed by atoms with Crippen LogP contribution >= 0.6 is 11.6 Å². The summed E-state index contributed by atoms with van der Waals surface area (Å²) in [7, 11) is 0. The first kappa shape index (κ1) is 9.16. The van der Waals surface area contributed by atoms with E-state index in [1.807, 2.05) is 6.92 Å². The smallest absolute Gasteiger partial charge is 0.206 e. The van der Waals surface area contributed by atoms with E-state index in [1.54, 1.807) is 12.1 Å². The summed E-state index contributed by atoms with van der Waals surface area (Å²) >= 11 is 5.61. The van der Waals surface area contributed by atoms with Crippen LogP contribution < -0.4 is 0 Å². The van der Waals surface area contributed by atoms with Crippen molar-refractivity contribution < 1.29 is 9.90 Å². The highest BCUT2D eigenvalue weighted by atomic mass is 35.5. The zero-order valence-corrected chi connectivity index (χ0v) is 7.30. The Bertz CT molecular complexity index is 292. The van der Waals surface area contributed by atoms with Gasteiger partial charge in [-0.15, -0.1) is 0 Å². The van der Waals surface area contributed by atoms with Crippen LogP contribution in [0, 0.1) is 6.92 Å². The summed E-state index contributed by atoms with van der Waals surface area (Å²) in [5, 5.41) is 8.81. The number of aryl methyl sites for hydroxylation is 1. The molecule has 0 radical (unpaired) electrons. The lowest BCUT2D eigenvalue weighted by Crippen LogP contribution is -2.07. The van der Waals surface area contributed by atoms with E-state index in [2.05, 4.69) is 4.98 Å². The van der Waals surface area contributed by atoms with E-state index in [9.17, 15) is 4.79 Å². The molecule has 0 aliphatic rings. The molecule has 0 fully saturated rings. The Morgan fingerprint density at radius 1 is 1.67 bits per heavy atom. The summed E-state index contributed by atoms with van der Waals surface area (Å²) in [6, 6.07) is 3.24. The van der Waals surface area contributed by atoms with E-state index < -0.39 is 12.4 Å². The number of Topliss-reactive ketones (excluding diaryl/α,β-unsaturated/α-hetero) is 1. The van der Waals surface area contributed by atoms with Gasteiger partial charge in [0, 0.05) is 0 Å². The number of nitrogens with zero attached hydrogens (tertiary/aromatic N) is 1. The molecule has 0 bridgehead atoms. The minimum absolute atomic E-state index is 0.211. The molecule has 0 aliphatic carbocycles. The van der Waals surface area contributed by atoms with Crippen LogP contribution in [0.2, 0.25) is 5.15 Å². The van der Waals surface area contributed by atoms with E-state index in [1.165, 1.54) is 0 Å². The van der Waals surface area contributed by atoms with Crippen LogP contribution in [0.1, 0.15) is 16.1 Å². The van der Waals surface area contributed by atoms with Gasteiger partial charge in [0.1, 0.15) is 17.5 Å². The molecule has 64 valence electrons. The van der Waals surface area contributed by atoms with E-state index >= 15 is 0 Å². The minimum Gasteiger partial charge on any atom is -0.388 e. The van der Waals surface area contributed by atoms with Gasteiger partial charge in [-0.25, -0.2) is 4.98 Å². The summed E-state index contributed by atoms with van der Waals surface area (Å²) < 4.78 is 0. The molecule has 12 heavy (non-hydrogen) atoms. The number of ketones is 1. The molecule has 1 N–H and O–H groups in total. The highest BCUT2D eigenvalue weighted by Crippen LogP contribution is 2.09. The first-order chi connectivity index (χ1) is 5.63. The van der Waals surface area contributed by atoms with Crippen molar-refractivity contribution in [3.05, 3.63) is 28.5 Å². The molecular formula is C8H8ClNO2. The Morgan fingerprint density at radius 3 is 2.83 bits per heavy atom. The first-order valence-electron chi connectivity index (χ1n) is 3.41. The van der Waals surface area contributed by atoms with Crippen LogP contribution in [0.5, 0.6) is 0 Å². The summed E-state index contributed by atoms with van der Waals surface area (Å²) in [6.07, 6.45) is 0. The van der Waals surface area contributed by atoms with Crippen LogP contribution in [-0.4, -0.2) is 22.5 Å². The lowest BCUT2D eigenvalue weighted by Gasteiger charge is -1.98. The van der Waals surface area contributed by atoms with Crippen molar-refractivity contribution in [2.24, 2.45) is 0 Å². The number of aliphatic hydroxyl groups excluding tert-OH is 1. The van der Waals surface area contributed by atoms with Gasteiger partial charge >= 0.3 is 0 Å². The normalized spacial score (nSPS) is 9.92. The zero-order chi connectivity index (χ0) is 9.14. The largest absolute Gasteiger partial charge is 0.388 e. The van der Waals surface area contributed by atoms with Crippen molar-refractivity contribution in [1.82, 2.24) is 4.98 Å². The second-order valence-electron chi connectivity index (χ2n) is 2.43. The Labute approximate surface area is 75.0 Å². The Morgan fingerprint density at radius 2 is 2.33 bits per heavy atom. The fourth-order valence-corrected chi connectivity index (χ4v) is 1.11. The molecule has 0 saturated heterocycles. The molecular weight excluding hydrogens is 178 g/mol. The monoisotopic (exact) mass is 185 g/mol. The summed E-state index contributed by atoms with van der Waals surface area (Å²) in [4.78, 5) is 14.7. The van der Waals surface area contributed by atoms with Gasteiger partial charge in [-0.2, -0.15) is 0 Å². The predicted molar refractivity (Wildman–Crippen MR) is 45.4 cm³/mol. The quantitative estimate of drug-likeness (QED) is 0.557. The number of aliphatic hydroxyl groups is 1. The fourth-order valence-electron chi connectivity index (χ4n) is 0.849. The Hall–Kier alpha value is -0.930. The molecule has 3 nitrogen and oxygen atoms in total. The highest BCUT2D eigenvalue weighted by Gasteiger charge is 2.06. The van der Waals surface area contributed by atoms with E-state index in [-0.39, 0.29) is 10.8 Å². The molecule has 0 amide bonds. The van der Waals surface area contributed by atoms with Gasteiger partial charge in [-0.3, -0.25) is 4.79 Å². The van der Waals surface area contributed by atoms with Crippen molar-refractivity contribution >= 4 is 17.4 Å². The molecule has 1 aromatic rings. The summed E-state index contributed by atoms with van der Waals surface area (Å²) in [6.45, 7) is 1.27. The average molecular weight is 186 g/mol.